The lowest BCUT2D eigenvalue weighted by Crippen LogP contribution is -2.38. The maximum atomic E-state index is 12.0. The Kier molecular flexibility index (Phi) is 7.20. The first kappa shape index (κ1) is 17.6. The standard InChI is InChI=1S/C18H28N2O3/c1-15(23-17-9-7-16(22-2)8-10-17)18(21)19-11-6-14-20-12-4-3-5-13-20/h7-10,15H,3-6,11-14H2,1-2H3,(H,19,21). The van der Waals surface area contributed by atoms with Crippen molar-refractivity contribution in [3.8, 4) is 11.5 Å². The molecule has 128 valence electrons. The minimum atomic E-state index is -0.501. The van der Waals surface area contributed by atoms with Crippen LogP contribution in [-0.2, 0) is 4.79 Å². The quantitative estimate of drug-likeness (QED) is 0.748. The molecule has 0 aromatic heterocycles. The number of hydrogen-bond acceptors (Lipinski definition) is 4. The Morgan fingerprint density at radius 3 is 2.48 bits per heavy atom. The number of rotatable bonds is 8. The second-order valence-electron chi connectivity index (χ2n) is 5.98. The van der Waals surface area contributed by atoms with Crippen molar-refractivity contribution in [1.82, 2.24) is 10.2 Å². The number of carbonyl (C=O) groups excluding carboxylic acids is 1. The summed E-state index contributed by atoms with van der Waals surface area (Å²) in [5.74, 6) is 1.37. The van der Waals surface area contributed by atoms with Crippen molar-refractivity contribution in [2.45, 2.75) is 38.7 Å². The van der Waals surface area contributed by atoms with Gasteiger partial charge in [-0.3, -0.25) is 4.79 Å². The SMILES string of the molecule is COc1ccc(OC(C)C(=O)NCCCN2CCCCC2)cc1. The third-order valence-electron chi connectivity index (χ3n) is 4.14. The molecule has 0 radical (unpaired) electrons. The van der Waals surface area contributed by atoms with E-state index in [4.69, 9.17) is 9.47 Å². The maximum Gasteiger partial charge on any atom is 0.260 e. The summed E-state index contributed by atoms with van der Waals surface area (Å²) < 4.78 is 10.7. The van der Waals surface area contributed by atoms with Gasteiger partial charge in [0.1, 0.15) is 11.5 Å². The first-order chi connectivity index (χ1) is 11.2. The van der Waals surface area contributed by atoms with Crippen LogP contribution in [0, 0.1) is 0 Å². The highest BCUT2D eigenvalue weighted by atomic mass is 16.5. The molecular weight excluding hydrogens is 292 g/mol. The number of nitrogens with one attached hydrogen (secondary N) is 1. The molecule has 5 nitrogen and oxygen atoms in total. The summed E-state index contributed by atoms with van der Waals surface area (Å²) in [7, 11) is 1.62. The third kappa shape index (κ3) is 6.10. The molecule has 0 aliphatic carbocycles. The van der Waals surface area contributed by atoms with E-state index >= 15 is 0 Å². The van der Waals surface area contributed by atoms with Crippen molar-refractivity contribution < 1.29 is 14.3 Å². The Hall–Kier alpha value is -1.75. The van der Waals surface area contributed by atoms with E-state index in [1.807, 2.05) is 12.1 Å². The van der Waals surface area contributed by atoms with Gasteiger partial charge in [0.2, 0.25) is 0 Å². The molecule has 1 amide bonds. The Morgan fingerprint density at radius 1 is 1.17 bits per heavy atom. The van der Waals surface area contributed by atoms with Crippen LogP contribution in [-0.4, -0.2) is 50.2 Å². The lowest BCUT2D eigenvalue weighted by Gasteiger charge is -2.26. The van der Waals surface area contributed by atoms with Gasteiger partial charge in [-0.15, -0.1) is 0 Å². The highest BCUT2D eigenvalue weighted by Gasteiger charge is 2.14. The van der Waals surface area contributed by atoms with Crippen molar-refractivity contribution in [3.63, 3.8) is 0 Å². The van der Waals surface area contributed by atoms with Gasteiger partial charge in [-0.1, -0.05) is 6.42 Å². The Balaban J connectivity index is 1.63. The lowest BCUT2D eigenvalue weighted by molar-refractivity contribution is -0.127. The summed E-state index contributed by atoms with van der Waals surface area (Å²) in [6.45, 7) is 5.93. The molecule has 1 saturated heterocycles. The Morgan fingerprint density at radius 2 is 1.83 bits per heavy atom. The molecule has 1 heterocycles. The van der Waals surface area contributed by atoms with Crippen LogP contribution in [0.5, 0.6) is 11.5 Å². The number of amides is 1. The monoisotopic (exact) mass is 320 g/mol. The van der Waals surface area contributed by atoms with E-state index < -0.39 is 6.10 Å². The molecule has 1 N–H and O–H groups in total. The number of likely N-dealkylation sites (tertiary alicyclic amines) is 1. The van der Waals surface area contributed by atoms with Gasteiger partial charge in [0.05, 0.1) is 7.11 Å². The zero-order valence-electron chi connectivity index (χ0n) is 14.2. The highest BCUT2D eigenvalue weighted by Crippen LogP contribution is 2.18. The number of benzene rings is 1. The van der Waals surface area contributed by atoms with Crippen molar-refractivity contribution in [2.24, 2.45) is 0 Å². The summed E-state index contributed by atoms with van der Waals surface area (Å²) in [5.41, 5.74) is 0. The molecule has 0 bridgehead atoms. The molecule has 1 atom stereocenters. The fourth-order valence-electron chi connectivity index (χ4n) is 2.75. The van der Waals surface area contributed by atoms with Gasteiger partial charge in [0, 0.05) is 6.54 Å². The van der Waals surface area contributed by atoms with E-state index in [9.17, 15) is 4.79 Å². The molecule has 0 saturated carbocycles. The predicted molar refractivity (Wildman–Crippen MR) is 91.0 cm³/mol. The fourth-order valence-corrected chi connectivity index (χ4v) is 2.75. The predicted octanol–water partition coefficient (Wildman–Crippen LogP) is 2.45. The third-order valence-corrected chi connectivity index (χ3v) is 4.14. The number of methoxy groups -OCH3 is 1. The summed E-state index contributed by atoms with van der Waals surface area (Å²) in [5, 5.41) is 2.95. The van der Waals surface area contributed by atoms with Crippen LogP contribution < -0.4 is 14.8 Å². The Bertz CT molecular complexity index is 470. The molecule has 1 aromatic rings. The van der Waals surface area contributed by atoms with Gasteiger partial charge in [-0.25, -0.2) is 0 Å². The van der Waals surface area contributed by atoms with Gasteiger partial charge >= 0.3 is 0 Å². The minimum Gasteiger partial charge on any atom is -0.497 e. The van der Waals surface area contributed by atoms with E-state index in [1.54, 1.807) is 26.2 Å². The average Bonchev–Trinajstić information content (AvgIpc) is 2.60. The second kappa shape index (κ2) is 9.40. The molecule has 5 heteroatoms. The summed E-state index contributed by atoms with van der Waals surface area (Å²) in [4.78, 5) is 14.5. The highest BCUT2D eigenvalue weighted by molar-refractivity contribution is 5.80. The fraction of sp³-hybridized carbons (Fsp3) is 0.611. The summed E-state index contributed by atoms with van der Waals surface area (Å²) in [6, 6.07) is 7.25. The molecule has 23 heavy (non-hydrogen) atoms. The van der Waals surface area contributed by atoms with Gasteiger partial charge in [0.15, 0.2) is 6.10 Å². The van der Waals surface area contributed by atoms with Crippen LogP contribution in [0.15, 0.2) is 24.3 Å². The maximum absolute atomic E-state index is 12.0. The minimum absolute atomic E-state index is 0.0699. The molecule has 2 rings (SSSR count). The van der Waals surface area contributed by atoms with Crippen LogP contribution >= 0.6 is 0 Å². The van der Waals surface area contributed by atoms with Crippen molar-refractivity contribution in [1.29, 1.82) is 0 Å². The van der Waals surface area contributed by atoms with Crippen molar-refractivity contribution >= 4 is 5.91 Å². The number of carbonyl (C=O) groups is 1. The molecule has 1 aliphatic heterocycles. The molecular formula is C18H28N2O3. The molecule has 1 fully saturated rings. The van der Waals surface area contributed by atoms with Crippen LogP contribution in [0.25, 0.3) is 0 Å². The van der Waals surface area contributed by atoms with Crippen LogP contribution in [0.1, 0.15) is 32.6 Å². The van der Waals surface area contributed by atoms with E-state index in [1.165, 1.54) is 32.4 Å². The number of ether oxygens (including phenoxy) is 2. The van der Waals surface area contributed by atoms with E-state index in [0.717, 1.165) is 18.7 Å². The number of nitrogens with zero attached hydrogens (tertiary/aromatic N) is 1. The topological polar surface area (TPSA) is 50.8 Å². The average molecular weight is 320 g/mol. The van der Waals surface area contributed by atoms with Gasteiger partial charge < -0.3 is 19.7 Å². The largest absolute Gasteiger partial charge is 0.497 e. The van der Waals surface area contributed by atoms with Crippen molar-refractivity contribution in [2.75, 3.05) is 33.3 Å². The molecule has 1 aromatic carbocycles. The number of hydrogen-bond donors (Lipinski definition) is 1. The van der Waals surface area contributed by atoms with Gasteiger partial charge in [-0.2, -0.15) is 0 Å². The molecule has 1 aliphatic rings. The lowest BCUT2D eigenvalue weighted by atomic mass is 10.1. The smallest absolute Gasteiger partial charge is 0.260 e. The Labute approximate surface area is 139 Å². The van der Waals surface area contributed by atoms with Gasteiger partial charge in [0.25, 0.3) is 5.91 Å². The normalized spacial score (nSPS) is 16.6. The number of piperidine rings is 1. The zero-order chi connectivity index (χ0) is 16.5. The second-order valence-corrected chi connectivity index (χ2v) is 5.98. The molecule has 0 spiro atoms. The van der Waals surface area contributed by atoms with Crippen molar-refractivity contribution in [3.05, 3.63) is 24.3 Å². The zero-order valence-corrected chi connectivity index (χ0v) is 14.2. The van der Waals surface area contributed by atoms with E-state index in [2.05, 4.69) is 10.2 Å². The van der Waals surface area contributed by atoms with E-state index in [0.29, 0.717) is 12.3 Å². The van der Waals surface area contributed by atoms with Crippen LogP contribution in [0.4, 0.5) is 0 Å². The van der Waals surface area contributed by atoms with Crippen LogP contribution in [0.2, 0.25) is 0 Å². The van der Waals surface area contributed by atoms with E-state index in [-0.39, 0.29) is 5.91 Å². The first-order valence-corrected chi connectivity index (χ1v) is 8.50. The first-order valence-electron chi connectivity index (χ1n) is 8.50. The summed E-state index contributed by atoms with van der Waals surface area (Å²) >= 11 is 0. The summed E-state index contributed by atoms with van der Waals surface area (Å²) in [6.07, 6.45) is 4.45. The van der Waals surface area contributed by atoms with Gasteiger partial charge in [-0.05, 0) is 70.1 Å². The van der Waals surface area contributed by atoms with Crippen LogP contribution in [0.3, 0.4) is 0 Å². The molecule has 1 unspecified atom stereocenters.